The second-order valence-electron chi connectivity index (χ2n) is 6.91. The number of amides is 3. The molecule has 0 radical (unpaired) electrons. The van der Waals surface area contributed by atoms with Gasteiger partial charge in [0.2, 0.25) is 0 Å². The highest BCUT2D eigenvalue weighted by atomic mass is 16.3. The molecule has 1 aliphatic heterocycles. The van der Waals surface area contributed by atoms with E-state index >= 15 is 0 Å². The van der Waals surface area contributed by atoms with Crippen molar-refractivity contribution in [2.75, 3.05) is 31.5 Å². The first kappa shape index (κ1) is 16.7. The number of carbonyl (C=O) groups is 2. The highest BCUT2D eigenvalue weighted by Crippen LogP contribution is 2.25. The second kappa shape index (κ2) is 7.23. The Labute approximate surface area is 152 Å². The highest BCUT2D eigenvalue weighted by Gasteiger charge is 2.23. The Bertz CT molecular complexity index is 801. The van der Waals surface area contributed by atoms with Crippen LogP contribution in [0.5, 0.6) is 0 Å². The first-order chi connectivity index (χ1) is 12.7. The third-order valence-corrected chi connectivity index (χ3v) is 5.19. The molecule has 3 amide bonds. The Kier molecular flexibility index (Phi) is 4.65. The molecule has 1 N–H and O–H groups in total. The number of benzene rings is 1. The zero-order chi connectivity index (χ0) is 17.9. The van der Waals surface area contributed by atoms with Gasteiger partial charge >= 0.3 is 6.03 Å². The number of aryl methyl sites for hydroxylation is 2. The fourth-order valence-electron chi connectivity index (χ4n) is 3.74. The topological polar surface area (TPSA) is 65.8 Å². The zero-order valence-corrected chi connectivity index (χ0v) is 14.7. The van der Waals surface area contributed by atoms with Gasteiger partial charge in [-0.1, -0.05) is 6.07 Å². The number of carbonyl (C=O) groups excluding carboxylic acids is 2. The van der Waals surface area contributed by atoms with Gasteiger partial charge in [0.1, 0.15) is 6.26 Å². The predicted octanol–water partition coefficient (Wildman–Crippen LogP) is 3.15. The van der Waals surface area contributed by atoms with Crippen molar-refractivity contribution < 1.29 is 14.0 Å². The number of rotatable bonds is 2. The van der Waals surface area contributed by atoms with Gasteiger partial charge in [0, 0.05) is 31.9 Å². The maximum atomic E-state index is 12.6. The van der Waals surface area contributed by atoms with Crippen LogP contribution >= 0.6 is 0 Å². The van der Waals surface area contributed by atoms with Crippen LogP contribution < -0.4 is 5.32 Å². The molecule has 2 heterocycles. The minimum absolute atomic E-state index is 0.0420. The molecule has 2 aliphatic rings. The summed E-state index contributed by atoms with van der Waals surface area (Å²) >= 11 is 0. The van der Waals surface area contributed by atoms with Gasteiger partial charge in [-0.3, -0.25) is 4.79 Å². The molecule has 0 bridgehead atoms. The van der Waals surface area contributed by atoms with Crippen LogP contribution in [0, 0.1) is 0 Å². The summed E-state index contributed by atoms with van der Waals surface area (Å²) in [7, 11) is 0. The van der Waals surface area contributed by atoms with Crippen LogP contribution in [-0.4, -0.2) is 47.9 Å². The molecule has 0 spiro atoms. The third kappa shape index (κ3) is 3.45. The van der Waals surface area contributed by atoms with Gasteiger partial charge in [0.15, 0.2) is 0 Å². The lowest BCUT2D eigenvalue weighted by molar-refractivity contribution is 0.0762. The van der Waals surface area contributed by atoms with E-state index in [4.69, 9.17) is 4.42 Å². The van der Waals surface area contributed by atoms with Crippen LogP contribution in [0.1, 0.15) is 34.3 Å². The lowest BCUT2D eigenvalue weighted by Gasteiger charge is -2.22. The number of anilines is 1. The molecule has 26 heavy (non-hydrogen) atoms. The summed E-state index contributed by atoms with van der Waals surface area (Å²) in [4.78, 5) is 28.6. The van der Waals surface area contributed by atoms with E-state index in [9.17, 15) is 9.59 Å². The van der Waals surface area contributed by atoms with E-state index in [-0.39, 0.29) is 11.9 Å². The molecule has 1 aliphatic carbocycles. The number of furan rings is 1. The summed E-state index contributed by atoms with van der Waals surface area (Å²) in [5.74, 6) is -0.0420. The molecule has 0 saturated carbocycles. The van der Waals surface area contributed by atoms with E-state index in [1.807, 2.05) is 6.07 Å². The molecular formula is C20H23N3O3. The van der Waals surface area contributed by atoms with Crippen molar-refractivity contribution in [2.24, 2.45) is 0 Å². The van der Waals surface area contributed by atoms with Crippen molar-refractivity contribution in [3.05, 3.63) is 53.5 Å². The molecule has 0 unspecified atom stereocenters. The summed E-state index contributed by atoms with van der Waals surface area (Å²) in [5, 5.41) is 3.01. The summed E-state index contributed by atoms with van der Waals surface area (Å²) in [6, 6.07) is 7.76. The van der Waals surface area contributed by atoms with Crippen LogP contribution in [0.3, 0.4) is 0 Å². The fourth-order valence-corrected chi connectivity index (χ4v) is 3.74. The predicted molar refractivity (Wildman–Crippen MR) is 98.3 cm³/mol. The molecule has 4 rings (SSSR count). The Morgan fingerprint density at radius 3 is 2.58 bits per heavy atom. The number of fused-ring (bicyclic) bond motifs is 1. The average Bonchev–Trinajstić information content (AvgIpc) is 3.28. The first-order valence-corrected chi connectivity index (χ1v) is 9.20. The summed E-state index contributed by atoms with van der Waals surface area (Å²) < 4.78 is 4.99. The number of hydrogen-bond donors (Lipinski definition) is 1. The molecular weight excluding hydrogens is 330 g/mol. The van der Waals surface area contributed by atoms with E-state index in [1.165, 1.54) is 30.1 Å². The van der Waals surface area contributed by atoms with Gasteiger partial charge in [-0.25, -0.2) is 4.79 Å². The van der Waals surface area contributed by atoms with Gasteiger partial charge in [-0.2, -0.15) is 0 Å². The summed E-state index contributed by atoms with van der Waals surface area (Å²) in [5.41, 5.74) is 4.15. The Balaban J connectivity index is 1.36. The molecule has 6 heteroatoms. The van der Waals surface area contributed by atoms with E-state index in [2.05, 4.69) is 17.4 Å². The van der Waals surface area contributed by atoms with Crippen LogP contribution in [0.25, 0.3) is 0 Å². The highest BCUT2D eigenvalue weighted by molar-refractivity contribution is 5.94. The maximum Gasteiger partial charge on any atom is 0.321 e. The largest absolute Gasteiger partial charge is 0.472 e. The van der Waals surface area contributed by atoms with Crippen LogP contribution in [0.2, 0.25) is 0 Å². The molecule has 0 atom stereocenters. The SMILES string of the molecule is O=C(Nc1ccc2c(c1)CCC2)N1CCCN(C(=O)c2ccoc2)CC1. The van der Waals surface area contributed by atoms with Gasteiger partial charge in [-0.05, 0) is 55.0 Å². The van der Waals surface area contributed by atoms with Gasteiger partial charge in [0.25, 0.3) is 5.91 Å². The van der Waals surface area contributed by atoms with Crippen molar-refractivity contribution in [3.63, 3.8) is 0 Å². The minimum Gasteiger partial charge on any atom is -0.472 e. The van der Waals surface area contributed by atoms with Crippen LogP contribution in [0.4, 0.5) is 10.5 Å². The first-order valence-electron chi connectivity index (χ1n) is 9.20. The van der Waals surface area contributed by atoms with E-state index in [1.54, 1.807) is 15.9 Å². The van der Waals surface area contributed by atoms with E-state index in [0.717, 1.165) is 24.9 Å². The number of urea groups is 1. The van der Waals surface area contributed by atoms with Crippen LogP contribution in [-0.2, 0) is 12.8 Å². The number of nitrogens with one attached hydrogen (secondary N) is 1. The monoisotopic (exact) mass is 353 g/mol. The van der Waals surface area contributed by atoms with Crippen molar-refractivity contribution in [1.29, 1.82) is 0 Å². The molecule has 1 aromatic heterocycles. The smallest absolute Gasteiger partial charge is 0.321 e. The van der Waals surface area contributed by atoms with Crippen molar-refractivity contribution in [1.82, 2.24) is 9.80 Å². The van der Waals surface area contributed by atoms with Gasteiger partial charge in [0.05, 0.1) is 11.8 Å². The Morgan fingerprint density at radius 1 is 0.923 bits per heavy atom. The fraction of sp³-hybridized carbons (Fsp3) is 0.400. The molecule has 2 aromatic rings. The quantitative estimate of drug-likeness (QED) is 0.902. The Morgan fingerprint density at radius 2 is 1.73 bits per heavy atom. The van der Waals surface area contributed by atoms with Crippen molar-refractivity contribution in [2.45, 2.75) is 25.7 Å². The molecule has 136 valence electrons. The standard InChI is InChI=1S/C20H23N3O3/c24-19(17-7-12-26-14-17)22-8-2-9-23(11-10-22)20(25)21-18-6-5-15-3-1-4-16(15)13-18/h5-7,12-14H,1-4,8-11H2,(H,21,25). The molecule has 6 nitrogen and oxygen atoms in total. The van der Waals surface area contributed by atoms with Gasteiger partial charge < -0.3 is 19.5 Å². The normalized spacial score (nSPS) is 16.9. The lowest BCUT2D eigenvalue weighted by Crippen LogP contribution is -2.39. The maximum absolute atomic E-state index is 12.6. The summed E-state index contributed by atoms with van der Waals surface area (Å²) in [6.45, 7) is 2.35. The van der Waals surface area contributed by atoms with Crippen molar-refractivity contribution in [3.8, 4) is 0 Å². The zero-order valence-electron chi connectivity index (χ0n) is 14.7. The molecule has 1 fully saturated rings. The average molecular weight is 353 g/mol. The van der Waals surface area contributed by atoms with E-state index in [0.29, 0.717) is 31.7 Å². The third-order valence-electron chi connectivity index (χ3n) is 5.19. The van der Waals surface area contributed by atoms with Crippen LogP contribution in [0.15, 0.2) is 41.2 Å². The Hall–Kier alpha value is -2.76. The lowest BCUT2D eigenvalue weighted by atomic mass is 10.1. The minimum atomic E-state index is -0.0967. The number of hydrogen-bond acceptors (Lipinski definition) is 3. The number of nitrogens with zero attached hydrogens (tertiary/aromatic N) is 2. The van der Waals surface area contributed by atoms with Gasteiger partial charge in [-0.15, -0.1) is 0 Å². The summed E-state index contributed by atoms with van der Waals surface area (Å²) in [6.07, 6.45) is 7.15. The molecule has 1 saturated heterocycles. The van der Waals surface area contributed by atoms with Crippen molar-refractivity contribution >= 4 is 17.6 Å². The second-order valence-corrected chi connectivity index (χ2v) is 6.91. The molecule has 1 aromatic carbocycles. The van der Waals surface area contributed by atoms with E-state index < -0.39 is 0 Å².